The largest absolute Gasteiger partial charge is 0.479 e. The number of hydrogen-bond donors (Lipinski definition) is 5. The lowest BCUT2D eigenvalue weighted by atomic mass is 10.00. The lowest BCUT2D eigenvalue weighted by Crippen LogP contribution is -2.39. The maximum Gasteiger partial charge on any atom is 0.335 e. The first-order chi connectivity index (χ1) is 11.3. The van der Waals surface area contributed by atoms with Crippen LogP contribution in [-0.4, -0.2) is 44.6 Å². The van der Waals surface area contributed by atoms with Crippen LogP contribution in [0.2, 0.25) is 0 Å². The number of aliphatic hydroxyl groups excluding tert-OH is 2. The molecule has 0 aliphatic heterocycles. The number of aliphatic hydroxyl groups is 2. The highest BCUT2D eigenvalue weighted by Crippen LogP contribution is 2.18. The van der Waals surface area contributed by atoms with Crippen molar-refractivity contribution in [3.8, 4) is 0 Å². The van der Waals surface area contributed by atoms with Crippen molar-refractivity contribution in [2.45, 2.75) is 18.2 Å². The molecular formula is C17H19NO6. The lowest BCUT2D eigenvalue weighted by molar-refractivity contribution is -0.165. The van der Waals surface area contributed by atoms with Crippen molar-refractivity contribution < 1.29 is 30.0 Å². The highest BCUT2D eigenvalue weighted by Gasteiger charge is 2.29. The van der Waals surface area contributed by atoms with Crippen LogP contribution in [0.3, 0.4) is 0 Å². The van der Waals surface area contributed by atoms with Crippen molar-refractivity contribution >= 4 is 11.9 Å². The maximum atomic E-state index is 9.77. The van der Waals surface area contributed by atoms with Crippen molar-refractivity contribution in [2.75, 3.05) is 0 Å². The number of carboxylic acid groups (broad SMARTS) is 2. The van der Waals surface area contributed by atoms with Crippen LogP contribution in [0.5, 0.6) is 0 Å². The highest BCUT2D eigenvalue weighted by molar-refractivity contribution is 5.83. The quantitative estimate of drug-likeness (QED) is 0.540. The summed E-state index contributed by atoms with van der Waals surface area (Å²) in [5, 5.41) is 32.5. The Morgan fingerprint density at radius 2 is 1.00 bits per heavy atom. The van der Waals surface area contributed by atoms with Crippen molar-refractivity contribution in [3.63, 3.8) is 0 Å². The van der Waals surface area contributed by atoms with E-state index in [1.54, 1.807) is 0 Å². The van der Waals surface area contributed by atoms with Gasteiger partial charge in [0, 0.05) is 0 Å². The number of hydrogen-bond acceptors (Lipinski definition) is 5. The standard InChI is InChI=1S/C13H13N.C4H6O6/c14-13(11-7-3-1-4-8-11)12-9-5-2-6-10-12;5-1(3(7)8)2(6)4(9)10/h1-10,13H,14H2;1-2,5-6H,(H,7,8)(H,9,10). The van der Waals surface area contributed by atoms with Gasteiger partial charge >= 0.3 is 11.9 Å². The van der Waals surface area contributed by atoms with Gasteiger partial charge in [0.1, 0.15) is 0 Å². The first-order valence-electron chi connectivity index (χ1n) is 7.01. The van der Waals surface area contributed by atoms with Crippen LogP contribution in [0, 0.1) is 0 Å². The normalized spacial score (nSPS) is 12.7. The van der Waals surface area contributed by atoms with E-state index in [2.05, 4.69) is 24.3 Å². The van der Waals surface area contributed by atoms with E-state index in [-0.39, 0.29) is 6.04 Å². The van der Waals surface area contributed by atoms with E-state index < -0.39 is 24.1 Å². The Hall–Kier alpha value is -2.74. The van der Waals surface area contributed by atoms with Crippen molar-refractivity contribution in [2.24, 2.45) is 5.73 Å². The van der Waals surface area contributed by atoms with Crippen LogP contribution >= 0.6 is 0 Å². The zero-order valence-electron chi connectivity index (χ0n) is 12.7. The first kappa shape index (κ1) is 19.3. The minimum atomic E-state index is -2.27. The third-order valence-corrected chi connectivity index (χ3v) is 3.12. The molecule has 0 saturated carbocycles. The van der Waals surface area contributed by atoms with E-state index in [1.165, 1.54) is 0 Å². The fourth-order valence-corrected chi connectivity index (χ4v) is 1.78. The Labute approximate surface area is 138 Å². The Morgan fingerprint density at radius 3 is 1.25 bits per heavy atom. The Kier molecular flexibility index (Phi) is 7.57. The Morgan fingerprint density at radius 1 is 0.708 bits per heavy atom. The summed E-state index contributed by atoms with van der Waals surface area (Å²) in [4.78, 5) is 19.5. The predicted molar refractivity (Wildman–Crippen MR) is 86.2 cm³/mol. The highest BCUT2D eigenvalue weighted by atomic mass is 16.4. The van der Waals surface area contributed by atoms with Crippen molar-refractivity contribution in [1.82, 2.24) is 0 Å². The number of nitrogens with two attached hydrogens (primary N) is 1. The van der Waals surface area contributed by atoms with E-state index in [4.69, 9.17) is 26.2 Å². The summed E-state index contributed by atoms with van der Waals surface area (Å²) in [5.74, 6) is -3.54. The smallest absolute Gasteiger partial charge is 0.335 e. The molecule has 0 aromatic heterocycles. The number of carboxylic acids is 2. The zero-order valence-corrected chi connectivity index (χ0v) is 12.7. The van der Waals surface area contributed by atoms with Crippen LogP contribution in [0.15, 0.2) is 60.7 Å². The number of carbonyl (C=O) groups is 2. The fraction of sp³-hybridized carbons (Fsp3) is 0.176. The molecule has 0 spiro atoms. The molecule has 0 fully saturated rings. The summed E-state index contributed by atoms with van der Waals surface area (Å²) in [6.45, 7) is 0. The molecule has 0 heterocycles. The molecule has 24 heavy (non-hydrogen) atoms. The van der Waals surface area contributed by atoms with E-state index >= 15 is 0 Å². The van der Waals surface area contributed by atoms with Crippen LogP contribution in [-0.2, 0) is 9.59 Å². The SMILES string of the molecule is NC(c1ccccc1)c1ccccc1.O=C(O)C(O)C(O)C(=O)O. The van der Waals surface area contributed by atoms with Gasteiger partial charge in [0.05, 0.1) is 6.04 Å². The summed E-state index contributed by atoms with van der Waals surface area (Å²) < 4.78 is 0. The first-order valence-corrected chi connectivity index (χ1v) is 7.01. The molecule has 128 valence electrons. The van der Waals surface area contributed by atoms with E-state index in [0.29, 0.717) is 0 Å². The van der Waals surface area contributed by atoms with E-state index in [1.807, 2.05) is 36.4 Å². The molecule has 2 rings (SSSR count). The fourth-order valence-electron chi connectivity index (χ4n) is 1.78. The second-order valence-corrected chi connectivity index (χ2v) is 4.87. The molecule has 0 aliphatic rings. The van der Waals surface area contributed by atoms with Gasteiger partial charge in [-0.1, -0.05) is 60.7 Å². The van der Waals surface area contributed by atoms with Gasteiger partial charge in [0.25, 0.3) is 0 Å². The predicted octanol–water partition coefficient (Wildman–Crippen LogP) is 0.612. The lowest BCUT2D eigenvalue weighted by Gasteiger charge is -2.11. The second kappa shape index (κ2) is 9.41. The molecule has 0 saturated heterocycles. The van der Waals surface area contributed by atoms with Gasteiger partial charge in [-0.05, 0) is 11.1 Å². The molecule has 7 heteroatoms. The van der Waals surface area contributed by atoms with Crippen LogP contribution in [0.25, 0.3) is 0 Å². The Balaban J connectivity index is 0.000000257. The van der Waals surface area contributed by atoms with Gasteiger partial charge in [-0.2, -0.15) is 0 Å². The second-order valence-electron chi connectivity index (χ2n) is 4.87. The van der Waals surface area contributed by atoms with Crippen molar-refractivity contribution in [3.05, 3.63) is 71.8 Å². The number of benzene rings is 2. The number of aliphatic carboxylic acids is 2. The van der Waals surface area contributed by atoms with Gasteiger partial charge in [-0.3, -0.25) is 0 Å². The zero-order chi connectivity index (χ0) is 18.1. The topological polar surface area (TPSA) is 141 Å². The minimum Gasteiger partial charge on any atom is -0.479 e. The average Bonchev–Trinajstić information content (AvgIpc) is 2.61. The van der Waals surface area contributed by atoms with Crippen LogP contribution < -0.4 is 5.73 Å². The third-order valence-electron chi connectivity index (χ3n) is 3.12. The summed E-state index contributed by atoms with van der Waals surface area (Å²) in [6, 6.07) is 20.2. The van der Waals surface area contributed by atoms with Gasteiger partial charge in [-0.25, -0.2) is 9.59 Å². The van der Waals surface area contributed by atoms with Crippen LogP contribution in [0.4, 0.5) is 0 Å². The Bertz CT molecular complexity index is 589. The molecule has 2 atom stereocenters. The van der Waals surface area contributed by atoms with E-state index in [9.17, 15) is 9.59 Å². The molecule has 0 amide bonds. The molecule has 0 aliphatic carbocycles. The van der Waals surface area contributed by atoms with Crippen LogP contribution in [0.1, 0.15) is 17.2 Å². The molecule has 2 aromatic rings. The van der Waals surface area contributed by atoms with E-state index in [0.717, 1.165) is 11.1 Å². The molecule has 7 nitrogen and oxygen atoms in total. The summed E-state index contributed by atoms with van der Waals surface area (Å²) in [6.07, 6.45) is -4.53. The summed E-state index contributed by atoms with van der Waals surface area (Å²) >= 11 is 0. The molecule has 6 N–H and O–H groups in total. The van der Waals surface area contributed by atoms with Gasteiger partial charge in [0.15, 0.2) is 12.2 Å². The van der Waals surface area contributed by atoms with Gasteiger partial charge in [0.2, 0.25) is 0 Å². The summed E-state index contributed by atoms with van der Waals surface area (Å²) in [7, 11) is 0. The molecule has 0 bridgehead atoms. The molecule has 2 unspecified atom stereocenters. The summed E-state index contributed by atoms with van der Waals surface area (Å²) in [5.41, 5.74) is 8.42. The van der Waals surface area contributed by atoms with Gasteiger partial charge < -0.3 is 26.2 Å². The maximum absolute atomic E-state index is 9.77. The molecule has 0 radical (unpaired) electrons. The van der Waals surface area contributed by atoms with Crippen molar-refractivity contribution in [1.29, 1.82) is 0 Å². The average molecular weight is 333 g/mol. The number of rotatable bonds is 5. The third kappa shape index (κ3) is 5.81. The molecular weight excluding hydrogens is 314 g/mol. The molecule has 2 aromatic carbocycles. The van der Waals surface area contributed by atoms with Gasteiger partial charge in [-0.15, -0.1) is 0 Å². The minimum absolute atomic E-state index is 0.0163. The monoisotopic (exact) mass is 333 g/mol.